The summed E-state index contributed by atoms with van der Waals surface area (Å²) in [4.78, 5) is 12.9. The van der Waals surface area contributed by atoms with Gasteiger partial charge in [0.05, 0.1) is 17.3 Å². The molecule has 0 atom stereocenters. The van der Waals surface area contributed by atoms with Crippen molar-refractivity contribution in [1.29, 1.82) is 0 Å². The van der Waals surface area contributed by atoms with Gasteiger partial charge in [-0.25, -0.2) is 4.39 Å². The zero-order valence-corrected chi connectivity index (χ0v) is 12.9. The summed E-state index contributed by atoms with van der Waals surface area (Å²) in [6.45, 7) is 0. The number of nitrogens with two attached hydrogens (primary N) is 1. The predicted molar refractivity (Wildman–Crippen MR) is 94.2 cm³/mol. The molecule has 0 aliphatic rings. The van der Waals surface area contributed by atoms with Gasteiger partial charge in [-0.1, -0.05) is 60.7 Å². The lowest BCUT2D eigenvalue weighted by molar-refractivity contribution is -0.116. The lowest BCUT2D eigenvalue weighted by Crippen LogP contribution is -2.22. The molecule has 0 aromatic heterocycles. The Bertz CT molecular complexity index is 795. The molecule has 0 aliphatic heterocycles. The van der Waals surface area contributed by atoms with Crippen molar-refractivity contribution in [3.8, 4) is 0 Å². The number of hydrogen-bond donors (Lipinski definition) is 2. The van der Waals surface area contributed by atoms with Crippen molar-refractivity contribution in [3.05, 3.63) is 95.8 Å². The fraction of sp³-hybridized carbons (Fsp3) is 0.0500. The molecule has 0 aliphatic carbocycles. The Morgan fingerprint density at radius 2 is 1.42 bits per heavy atom. The highest BCUT2D eigenvalue weighted by Gasteiger charge is 2.23. The third-order valence-electron chi connectivity index (χ3n) is 3.80. The van der Waals surface area contributed by atoms with E-state index in [9.17, 15) is 9.18 Å². The zero-order chi connectivity index (χ0) is 16.9. The molecular formula is C20H17FN2O. The number of carbonyl (C=O) groups is 1. The van der Waals surface area contributed by atoms with Crippen LogP contribution in [0, 0.1) is 5.82 Å². The van der Waals surface area contributed by atoms with Crippen LogP contribution in [0.3, 0.4) is 0 Å². The lowest BCUT2D eigenvalue weighted by atomic mass is 9.90. The second kappa shape index (κ2) is 6.96. The number of amides is 1. The van der Waals surface area contributed by atoms with Crippen LogP contribution >= 0.6 is 0 Å². The Balaban J connectivity index is 1.95. The van der Waals surface area contributed by atoms with Crippen LogP contribution in [0.15, 0.2) is 78.9 Å². The van der Waals surface area contributed by atoms with E-state index in [1.54, 1.807) is 0 Å². The smallest absolute Gasteiger partial charge is 0.236 e. The van der Waals surface area contributed by atoms with Crippen molar-refractivity contribution in [2.24, 2.45) is 0 Å². The first-order chi connectivity index (χ1) is 11.6. The minimum Gasteiger partial charge on any atom is -0.397 e. The van der Waals surface area contributed by atoms with Gasteiger partial charge in [-0.3, -0.25) is 4.79 Å². The molecule has 24 heavy (non-hydrogen) atoms. The maximum atomic E-state index is 13.2. The highest BCUT2D eigenvalue weighted by molar-refractivity contribution is 6.00. The molecule has 0 saturated carbocycles. The summed E-state index contributed by atoms with van der Waals surface area (Å²) < 4.78 is 13.2. The number of nitrogens with one attached hydrogen (secondary N) is 1. The molecule has 120 valence electrons. The number of hydrogen-bond acceptors (Lipinski definition) is 2. The van der Waals surface area contributed by atoms with Crippen LogP contribution in [-0.4, -0.2) is 5.91 Å². The highest BCUT2D eigenvalue weighted by atomic mass is 19.1. The summed E-state index contributed by atoms with van der Waals surface area (Å²) >= 11 is 0. The van der Waals surface area contributed by atoms with Gasteiger partial charge in [-0.2, -0.15) is 0 Å². The summed E-state index contributed by atoms with van der Waals surface area (Å²) in [7, 11) is 0. The molecule has 3 rings (SSSR count). The van der Waals surface area contributed by atoms with Crippen LogP contribution in [0.4, 0.5) is 15.8 Å². The van der Waals surface area contributed by atoms with Crippen LogP contribution in [0.2, 0.25) is 0 Å². The molecule has 0 bridgehead atoms. The summed E-state index contributed by atoms with van der Waals surface area (Å²) in [5.41, 5.74) is 8.14. The van der Waals surface area contributed by atoms with E-state index < -0.39 is 11.7 Å². The Morgan fingerprint density at radius 3 is 1.92 bits per heavy atom. The molecule has 0 radical (unpaired) electrons. The Labute approximate surface area is 139 Å². The predicted octanol–water partition coefficient (Wildman–Crippen LogP) is 4.18. The molecule has 0 saturated heterocycles. The average molecular weight is 320 g/mol. The summed E-state index contributed by atoms with van der Waals surface area (Å²) in [5, 5.41) is 2.80. The first kappa shape index (κ1) is 15.7. The molecule has 4 heteroatoms. The average Bonchev–Trinajstić information content (AvgIpc) is 2.60. The van der Waals surface area contributed by atoms with Crippen molar-refractivity contribution in [3.63, 3.8) is 0 Å². The first-order valence-corrected chi connectivity index (χ1v) is 7.61. The second-order valence-corrected chi connectivity index (χ2v) is 5.48. The molecule has 3 aromatic rings. The minimum absolute atomic E-state index is 0.197. The quantitative estimate of drug-likeness (QED) is 0.709. The van der Waals surface area contributed by atoms with E-state index in [0.29, 0.717) is 5.69 Å². The van der Waals surface area contributed by atoms with Gasteiger partial charge in [0.25, 0.3) is 0 Å². The second-order valence-electron chi connectivity index (χ2n) is 5.48. The van der Waals surface area contributed by atoms with Crippen molar-refractivity contribution in [2.45, 2.75) is 5.92 Å². The van der Waals surface area contributed by atoms with Gasteiger partial charge in [0.15, 0.2) is 0 Å². The molecule has 1 amide bonds. The van der Waals surface area contributed by atoms with E-state index in [1.807, 2.05) is 60.7 Å². The van der Waals surface area contributed by atoms with E-state index in [2.05, 4.69) is 5.32 Å². The molecular weight excluding hydrogens is 303 g/mol. The molecule has 0 heterocycles. The standard InChI is InChI=1S/C20H17FN2O/c21-16-11-12-18(17(22)13-16)23-20(24)19(14-7-3-1-4-8-14)15-9-5-2-6-10-15/h1-13,19H,22H2,(H,23,24). The monoisotopic (exact) mass is 320 g/mol. The van der Waals surface area contributed by atoms with Gasteiger partial charge in [0, 0.05) is 0 Å². The first-order valence-electron chi connectivity index (χ1n) is 7.61. The van der Waals surface area contributed by atoms with Gasteiger partial charge in [0.1, 0.15) is 5.82 Å². The summed E-state index contributed by atoms with van der Waals surface area (Å²) in [6, 6.07) is 22.9. The Hall–Kier alpha value is -3.14. The Morgan fingerprint density at radius 1 is 0.875 bits per heavy atom. The maximum absolute atomic E-state index is 13.2. The van der Waals surface area contributed by atoms with Gasteiger partial charge < -0.3 is 11.1 Å². The van der Waals surface area contributed by atoms with E-state index >= 15 is 0 Å². The van der Waals surface area contributed by atoms with E-state index in [0.717, 1.165) is 11.1 Å². The van der Waals surface area contributed by atoms with E-state index in [-0.39, 0.29) is 11.6 Å². The van der Waals surface area contributed by atoms with Crippen molar-refractivity contribution in [2.75, 3.05) is 11.1 Å². The lowest BCUT2D eigenvalue weighted by Gasteiger charge is -2.18. The molecule has 0 fully saturated rings. The summed E-state index contributed by atoms with van der Waals surface area (Å²) in [6.07, 6.45) is 0. The molecule has 0 spiro atoms. The fourth-order valence-corrected chi connectivity index (χ4v) is 2.64. The molecule has 3 N–H and O–H groups in total. The van der Waals surface area contributed by atoms with Crippen LogP contribution in [0.5, 0.6) is 0 Å². The SMILES string of the molecule is Nc1cc(F)ccc1NC(=O)C(c1ccccc1)c1ccccc1. The van der Waals surface area contributed by atoms with Gasteiger partial charge in [0.2, 0.25) is 5.91 Å². The van der Waals surface area contributed by atoms with Crippen LogP contribution in [0.25, 0.3) is 0 Å². The normalized spacial score (nSPS) is 10.6. The highest BCUT2D eigenvalue weighted by Crippen LogP contribution is 2.27. The van der Waals surface area contributed by atoms with Crippen LogP contribution in [-0.2, 0) is 4.79 Å². The van der Waals surface area contributed by atoms with Crippen molar-refractivity contribution in [1.82, 2.24) is 0 Å². The number of rotatable bonds is 4. The topological polar surface area (TPSA) is 55.1 Å². The fourth-order valence-electron chi connectivity index (χ4n) is 2.64. The largest absolute Gasteiger partial charge is 0.397 e. The number of anilines is 2. The molecule has 3 nitrogen and oxygen atoms in total. The molecule has 3 aromatic carbocycles. The van der Waals surface area contributed by atoms with Gasteiger partial charge in [-0.05, 0) is 29.3 Å². The van der Waals surface area contributed by atoms with E-state index in [4.69, 9.17) is 5.73 Å². The number of carbonyl (C=O) groups excluding carboxylic acids is 1. The minimum atomic E-state index is -0.475. The maximum Gasteiger partial charge on any atom is 0.236 e. The van der Waals surface area contributed by atoms with Crippen molar-refractivity contribution < 1.29 is 9.18 Å². The van der Waals surface area contributed by atoms with Crippen molar-refractivity contribution >= 4 is 17.3 Å². The zero-order valence-electron chi connectivity index (χ0n) is 12.9. The number of halogens is 1. The number of nitrogen functional groups attached to an aromatic ring is 1. The third kappa shape index (κ3) is 3.43. The van der Waals surface area contributed by atoms with Gasteiger partial charge >= 0.3 is 0 Å². The van der Waals surface area contributed by atoms with E-state index in [1.165, 1.54) is 18.2 Å². The molecule has 0 unspecified atom stereocenters. The third-order valence-corrected chi connectivity index (χ3v) is 3.80. The van der Waals surface area contributed by atoms with Crippen LogP contribution < -0.4 is 11.1 Å². The Kier molecular flexibility index (Phi) is 4.57. The summed E-state index contributed by atoms with van der Waals surface area (Å²) in [5.74, 6) is -1.13. The van der Waals surface area contributed by atoms with Crippen LogP contribution in [0.1, 0.15) is 17.0 Å². The number of benzene rings is 3. The van der Waals surface area contributed by atoms with Gasteiger partial charge in [-0.15, -0.1) is 0 Å².